The molecule has 46 heavy (non-hydrogen) atoms. The van der Waals surface area contributed by atoms with E-state index in [9.17, 15) is 28.0 Å². The second-order valence-electron chi connectivity index (χ2n) is 11.2. The van der Waals surface area contributed by atoms with Gasteiger partial charge >= 0.3 is 6.09 Å². The third-order valence-electron chi connectivity index (χ3n) is 8.23. The van der Waals surface area contributed by atoms with Crippen molar-refractivity contribution in [3.8, 4) is 17.2 Å². The second kappa shape index (κ2) is 16.6. The lowest BCUT2D eigenvalue weighted by Gasteiger charge is -2.28. The van der Waals surface area contributed by atoms with Crippen LogP contribution < -0.4 is 14.8 Å². The third kappa shape index (κ3) is 9.22. The zero-order valence-electron chi connectivity index (χ0n) is 27.1. The van der Waals surface area contributed by atoms with Crippen molar-refractivity contribution in [2.24, 2.45) is 17.8 Å². The molecule has 3 rings (SSSR count). The maximum atomic E-state index is 13.9. The van der Waals surface area contributed by atoms with Gasteiger partial charge in [-0.3, -0.25) is 19.7 Å². The van der Waals surface area contributed by atoms with Crippen molar-refractivity contribution >= 4 is 29.1 Å². The molecule has 8 nitrogen and oxygen atoms in total. The highest BCUT2D eigenvalue weighted by atomic mass is 19.2. The Kier molecular flexibility index (Phi) is 13.0. The molecule has 0 fully saturated rings. The summed E-state index contributed by atoms with van der Waals surface area (Å²) >= 11 is 0. The summed E-state index contributed by atoms with van der Waals surface area (Å²) in [6, 6.07) is 12.9. The quantitative estimate of drug-likeness (QED) is 0.157. The second-order valence-corrected chi connectivity index (χ2v) is 11.2. The van der Waals surface area contributed by atoms with Gasteiger partial charge in [0.25, 0.3) is 0 Å². The molecule has 0 aliphatic heterocycles. The number of nitrogens with one attached hydrogen (secondary N) is 1. The number of carbonyl (C=O) groups excluding carboxylic acids is 4. The number of Topliss-reactive ketones (excluding diaryl/α,β-unsaturated/α-hetero) is 3. The molecule has 0 aromatic heterocycles. The summed E-state index contributed by atoms with van der Waals surface area (Å²) in [5.74, 6) is -2.71. The van der Waals surface area contributed by atoms with Crippen LogP contribution in [-0.4, -0.2) is 30.6 Å². The molecule has 0 saturated carbocycles. The largest absolute Gasteiger partial charge is 0.496 e. The fourth-order valence-electron chi connectivity index (χ4n) is 5.30. The molecule has 246 valence electrons. The van der Waals surface area contributed by atoms with Crippen molar-refractivity contribution in [1.82, 2.24) is 0 Å². The highest BCUT2D eigenvalue weighted by Gasteiger charge is 2.33. The fraction of sp³-hybridized carbons (Fsp3) is 0.389. The van der Waals surface area contributed by atoms with Gasteiger partial charge in [-0.05, 0) is 67.6 Å². The van der Waals surface area contributed by atoms with E-state index in [4.69, 9.17) is 14.2 Å². The van der Waals surface area contributed by atoms with Gasteiger partial charge in [0.1, 0.15) is 35.4 Å². The normalized spacial score (nSPS) is 12.9. The molecule has 0 bridgehead atoms. The number of methoxy groups -OCH3 is 1. The first-order chi connectivity index (χ1) is 21.9. The molecule has 0 saturated heterocycles. The van der Waals surface area contributed by atoms with Crippen LogP contribution >= 0.6 is 0 Å². The van der Waals surface area contributed by atoms with Gasteiger partial charge in [-0.1, -0.05) is 39.8 Å². The van der Waals surface area contributed by atoms with Gasteiger partial charge in [-0.2, -0.15) is 0 Å². The number of ether oxygens (including phenoxy) is 3. The van der Waals surface area contributed by atoms with Crippen molar-refractivity contribution < 1.29 is 42.2 Å². The van der Waals surface area contributed by atoms with E-state index >= 15 is 0 Å². The van der Waals surface area contributed by atoms with Crippen molar-refractivity contribution in [2.75, 3.05) is 12.4 Å². The molecule has 3 aromatic carbocycles. The summed E-state index contributed by atoms with van der Waals surface area (Å²) < 4.78 is 43.3. The van der Waals surface area contributed by atoms with Crippen LogP contribution in [0.5, 0.6) is 17.2 Å². The van der Waals surface area contributed by atoms with Crippen molar-refractivity contribution in [3.63, 3.8) is 0 Å². The van der Waals surface area contributed by atoms with Crippen LogP contribution in [0.4, 0.5) is 19.3 Å². The van der Waals surface area contributed by atoms with E-state index in [0.717, 1.165) is 17.7 Å². The van der Waals surface area contributed by atoms with E-state index in [1.54, 1.807) is 50.2 Å². The van der Waals surface area contributed by atoms with Crippen LogP contribution in [-0.2, 0) is 27.4 Å². The van der Waals surface area contributed by atoms with Crippen molar-refractivity contribution in [2.45, 2.75) is 66.9 Å². The van der Waals surface area contributed by atoms with Gasteiger partial charge in [0.05, 0.1) is 12.7 Å². The number of aryl methyl sites for hydroxylation is 1. The predicted molar refractivity (Wildman–Crippen MR) is 170 cm³/mol. The minimum atomic E-state index is -1.03. The number of rotatable bonds is 16. The monoisotopic (exact) mass is 637 g/mol. The molecule has 3 aromatic rings. The molecule has 3 atom stereocenters. The first-order valence-corrected chi connectivity index (χ1v) is 15.3. The van der Waals surface area contributed by atoms with Crippen LogP contribution in [0, 0.1) is 29.4 Å². The average Bonchev–Trinajstić information content (AvgIpc) is 3.04. The highest BCUT2D eigenvalue weighted by molar-refractivity contribution is 6.02. The summed E-state index contributed by atoms with van der Waals surface area (Å²) in [5, 5.41) is 2.61. The van der Waals surface area contributed by atoms with Crippen LogP contribution in [0.3, 0.4) is 0 Å². The molecule has 0 heterocycles. The number of hydrogen-bond donors (Lipinski definition) is 1. The molecule has 0 aliphatic carbocycles. The van der Waals surface area contributed by atoms with Gasteiger partial charge in [-0.15, -0.1) is 0 Å². The maximum Gasteiger partial charge on any atom is 0.411 e. The molecule has 0 spiro atoms. The summed E-state index contributed by atoms with van der Waals surface area (Å²) in [5.41, 5.74) is 2.04. The average molecular weight is 638 g/mol. The Bertz CT molecular complexity index is 1550. The van der Waals surface area contributed by atoms with Crippen LogP contribution in [0.15, 0.2) is 54.6 Å². The van der Waals surface area contributed by atoms with E-state index in [0.29, 0.717) is 54.0 Å². The SMILES string of the molecule is CCC(=O)CC[C@H](C(C)=O)C(C)C(C)C(=O)c1c(CC)ccc(COC(=O)Nc2ccc(Oc3ccc(F)c(F)c3)cc2)c1OC. The number of ketones is 3. The van der Waals surface area contributed by atoms with E-state index in [-0.39, 0.29) is 35.6 Å². The maximum absolute atomic E-state index is 13.9. The summed E-state index contributed by atoms with van der Waals surface area (Å²) in [7, 11) is 1.45. The number of halogens is 2. The van der Waals surface area contributed by atoms with E-state index < -0.39 is 29.6 Å². The molecule has 1 N–H and O–H groups in total. The number of anilines is 1. The van der Waals surface area contributed by atoms with E-state index in [1.165, 1.54) is 20.1 Å². The standard InChI is InChI=1S/C36H41F2NO7/c1-7-24-9-10-25(35(44-6)33(24)34(42)22(4)21(3)30(23(5)40)17-13-27(41)8-2)20-45-36(43)39-26-11-14-28(15-12-26)46-29-16-18-31(37)32(38)19-29/h9-12,14-16,18-19,21-22,30H,7-8,13,17,20H2,1-6H3,(H,39,43)/t21?,22?,30-/m0/s1. The van der Waals surface area contributed by atoms with Gasteiger partial charge in [0.15, 0.2) is 17.4 Å². The molecule has 2 unspecified atom stereocenters. The Hall–Kier alpha value is -4.60. The molecule has 0 radical (unpaired) electrons. The number of carbonyl (C=O) groups is 4. The Labute approximate surface area is 268 Å². The summed E-state index contributed by atoms with van der Waals surface area (Å²) in [6.45, 7) is 8.67. The number of amides is 1. The lowest BCUT2D eigenvalue weighted by molar-refractivity contribution is -0.123. The third-order valence-corrected chi connectivity index (χ3v) is 8.23. The lowest BCUT2D eigenvalue weighted by atomic mass is 9.75. The van der Waals surface area contributed by atoms with Gasteiger partial charge in [-0.25, -0.2) is 13.6 Å². The molecule has 1 amide bonds. The Morgan fingerprint density at radius 1 is 0.870 bits per heavy atom. The lowest BCUT2D eigenvalue weighted by Crippen LogP contribution is -2.30. The Balaban J connectivity index is 1.71. The molecular formula is C36H41F2NO7. The molecule has 10 heteroatoms. The van der Waals surface area contributed by atoms with E-state index in [1.807, 2.05) is 13.8 Å². The van der Waals surface area contributed by atoms with Crippen molar-refractivity contribution in [3.05, 3.63) is 82.9 Å². The minimum absolute atomic E-state index is 0.0580. The molecular weight excluding hydrogens is 596 g/mol. The van der Waals surface area contributed by atoms with Crippen LogP contribution in [0.2, 0.25) is 0 Å². The summed E-state index contributed by atoms with van der Waals surface area (Å²) in [4.78, 5) is 51.0. The zero-order valence-corrected chi connectivity index (χ0v) is 27.1. The predicted octanol–water partition coefficient (Wildman–Crippen LogP) is 8.50. The topological polar surface area (TPSA) is 108 Å². The first-order valence-electron chi connectivity index (χ1n) is 15.3. The van der Waals surface area contributed by atoms with E-state index in [2.05, 4.69) is 5.32 Å². The van der Waals surface area contributed by atoms with Gasteiger partial charge in [0.2, 0.25) is 0 Å². The number of hydrogen-bond acceptors (Lipinski definition) is 7. The Morgan fingerprint density at radius 2 is 1.52 bits per heavy atom. The number of benzene rings is 3. The fourth-order valence-corrected chi connectivity index (χ4v) is 5.30. The van der Waals surface area contributed by atoms with Crippen molar-refractivity contribution in [1.29, 1.82) is 0 Å². The molecule has 0 aliphatic rings. The highest BCUT2D eigenvalue weighted by Crippen LogP contribution is 2.35. The Morgan fingerprint density at radius 3 is 2.11 bits per heavy atom. The van der Waals surface area contributed by atoms with Gasteiger partial charge in [0, 0.05) is 42.0 Å². The van der Waals surface area contributed by atoms with Crippen LogP contribution in [0.25, 0.3) is 0 Å². The smallest absolute Gasteiger partial charge is 0.411 e. The van der Waals surface area contributed by atoms with Crippen LogP contribution in [0.1, 0.15) is 75.4 Å². The summed E-state index contributed by atoms with van der Waals surface area (Å²) in [6.07, 6.45) is 0.889. The zero-order chi connectivity index (χ0) is 34.0. The first kappa shape index (κ1) is 35.9. The van der Waals surface area contributed by atoms with Gasteiger partial charge < -0.3 is 14.2 Å². The minimum Gasteiger partial charge on any atom is -0.496 e.